The summed E-state index contributed by atoms with van der Waals surface area (Å²) in [6, 6.07) is 3.56. The molecule has 0 saturated heterocycles. The van der Waals surface area contributed by atoms with Crippen LogP contribution in [0.25, 0.3) is 0 Å². The molecule has 2 nitrogen and oxygen atoms in total. The van der Waals surface area contributed by atoms with Gasteiger partial charge in [-0.1, -0.05) is 6.07 Å². The maximum absolute atomic E-state index is 8.59. The Morgan fingerprint density at radius 2 is 2.50 bits per heavy atom. The molecule has 0 bridgehead atoms. The van der Waals surface area contributed by atoms with Crippen LogP contribution in [-0.2, 0) is 0 Å². The minimum Gasteiger partial charge on any atom is -0.522 e. The van der Waals surface area contributed by atoms with Crippen LogP contribution in [0.1, 0.15) is 0 Å². The largest absolute Gasteiger partial charge is 0.738 e. The van der Waals surface area contributed by atoms with E-state index in [1.807, 2.05) is 11.4 Å². The fourth-order valence-electron chi connectivity index (χ4n) is 0.447. The molecule has 0 aromatic carbocycles. The summed E-state index contributed by atoms with van der Waals surface area (Å²) in [7, 11) is -1.05. The van der Waals surface area contributed by atoms with Crippen LogP contribution in [0.15, 0.2) is 17.5 Å². The molecule has 3 N–H and O–H groups in total. The highest BCUT2D eigenvalue weighted by Crippen LogP contribution is 1.92. The van der Waals surface area contributed by atoms with Crippen LogP contribution in [-0.4, -0.2) is 17.2 Å². The van der Waals surface area contributed by atoms with Gasteiger partial charge in [-0.2, -0.15) is 0 Å². The van der Waals surface area contributed by atoms with Crippen molar-refractivity contribution in [1.82, 2.24) is 0 Å². The van der Waals surface area contributed by atoms with E-state index in [-0.39, 0.29) is 0 Å². The summed E-state index contributed by atoms with van der Waals surface area (Å²) >= 11 is 1.39. The zero-order chi connectivity index (χ0) is 5.98. The molecule has 0 spiro atoms. The zero-order valence-electron chi connectivity index (χ0n) is 4.16. The predicted octanol–water partition coefficient (Wildman–Crippen LogP) is -0.840. The van der Waals surface area contributed by atoms with Crippen LogP contribution >= 0.6 is 11.3 Å². The normalized spacial score (nSPS) is 9.25. The van der Waals surface area contributed by atoms with E-state index in [2.05, 4.69) is 0 Å². The lowest BCUT2D eigenvalue weighted by molar-refractivity contribution is 0.427. The van der Waals surface area contributed by atoms with Gasteiger partial charge in [0.1, 0.15) is 4.78 Å². The van der Waals surface area contributed by atoms with Crippen LogP contribution in [0.4, 0.5) is 0 Å². The number of thiophene rings is 1. The van der Waals surface area contributed by atoms with Crippen molar-refractivity contribution in [2.75, 3.05) is 0 Å². The third-order valence-corrected chi connectivity index (χ3v) is 1.74. The molecule has 0 unspecified atom stereocenters. The monoisotopic (exact) mass is 129 g/mol. The zero-order valence-corrected chi connectivity index (χ0v) is 4.98. The van der Waals surface area contributed by atoms with Gasteiger partial charge in [-0.25, -0.2) is 0 Å². The molecule has 8 heavy (non-hydrogen) atoms. The van der Waals surface area contributed by atoms with Gasteiger partial charge in [0.25, 0.3) is 0 Å². The van der Waals surface area contributed by atoms with E-state index >= 15 is 0 Å². The van der Waals surface area contributed by atoms with Gasteiger partial charge in [0.15, 0.2) is 0 Å². The molecule has 42 valence electrons. The van der Waals surface area contributed by atoms with E-state index in [1.54, 1.807) is 6.07 Å². The summed E-state index contributed by atoms with van der Waals surface area (Å²) in [4.78, 5) is 0. The maximum Gasteiger partial charge on any atom is 0.738 e. The molecule has 0 saturated carbocycles. The first-order chi connectivity index (χ1) is 3.80. The second-order valence-electron chi connectivity index (χ2n) is 1.42. The third-order valence-electron chi connectivity index (χ3n) is 0.813. The molecule has 1 aromatic rings. The predicted molar refractivity (Wildman–Crippen MR) is 35.5 cm³/mol. The van der Waals surface area contributed by atoms with Gasteiger partial charge in [-0.15, -0.1) is 11.3 Å². The van der Waals surface area contributed by atoms with Crippen molar-refractivity contribution in [3.05, 3.63) is 17.5 Å². The van der Waals surface area contributed by atoms with Crippen LogP contribution in [0.5, 0.6) is 0 Å². The van der Waals surface area contributed by atoms with Gasteiger partial charge >= 0.3 is 7.12 Å². The number of hydrogen-bond donors (Lipinski definition) is 1. The molecule has 0 aliphatic carbocycles. The summed E-state index contributed by atoms with van der Waals surface area (Å²) in [5.74, 6) is 0. The first-order valence-electron chi connectivity index (χ1n) is 2.23. The number of rotatable bonds is 1. The molecular formula is C4H6BO2S+. The van der Waals surface area contributed by atoms with Crippen molar-refractivity contribution in [1.29, 1.82) is 0 Å². The Kier molecular flexibility index (Phi) is 1.67. The molecule has 1 aromatic heterocycles. The van der Waals surface area contributed by atoms with Gasteiger partial charge in [0, 0.05) is 0 Å². The minimum absolute atomic E-state index is 0.699. The molecule has 0 fully saturated rings. The summed E-state index contributed by atoms with van der Waals surface area (Å²) in [5, 5.41) is 17.2. The Bertz CT molecular complexity index is 149. The smallest absolute Gasteiger partial charge is 0.522 e. The van der Waals surface area contributed by atoms with Crippen LogP contribution in [0, 0.1) is 0 Å². The minimum atomic E-state index is -1.05. The number of hydrogen-bond acceptors (Lipinski definition) is 2. The molecule has 0 atom stereocenters. The van der Waals surface area contributed by atoms with Crippen molar-refractivity contribution in [2.24, 2.45) is 0 Å². The standard InChI is InChI=1S/C4H5BO2S/c6-5(7)4-2-1-3-8-4/h1-3,6-7H/p+1. The van der Waals surface area contributed by atoms with E-state index in [1.165, 1.54) is 11.3 Å². The van der Waals surface area contributed by atoms with Crippen LogP contribution < -0.4 is 4.78 Å². The first kappa shape index (κ1) is 5.82. The Labute approximate surface area is 51.6 Å². The summed E-state index contributed by atoms with van der Waals surface area (Å²) < 4.78 is 0.699. The van der Waals surface area contributed by atoms with Gasteiger partial charge in [0.05, 0.1) is 0 Å². The summed E-state index contributed by atoms with van der Waals surface area (Å²) in [5.41, 5.74) is 0. The van der Waals surface area contributed by atoms with E-state index in [0.29, 0.717) is 4.78 Å². The van der Waals surface area contributed by atoms with Crippen molar-refractivity contribution in [2.45, 2.75) is 0 Å². The van der Waals surface area contributed by atoms with E-state index < -0.39 is 7.12 Å². The SMILES string of the molecule is OB([OH2+])c1cccs1. The molecule has 0 radical (unpaired) electrons. The lowest BCUT2D eigenvalue weighted by Gasteiger charge is -1.79. The van der Waals surface area contributed by atoms with Gasteiger partial charge in [0.2, 0.25) is 0 Å². The van der Waals surface area contributed by atoms with Gasteiger partial charge < -0.3 is 10.0 Å². The highest BCUT2D eigenvalue weighted by Gasteiger charge is 2.22. The molecular weight excluding hydrogens is 123 g/mol. The lowest BCUT2D eigenvalue weighted by Crippen LogP contribution is -2.26. The van der Waals surface area contributed by atoms with Crippen molar-refractivity contribution >= 4 is 23.2 Å². The summed E-state index contributed by atoms with van der Waals surface area (Å²) in [6.07, 6.45) is 0. The molecule has 0 aliphatic heterocycles. The van der Waals surface area contributed by atoms with E-state index in [4.69, 9.17) is 10.0 Å². The maximum atomic E-state index is 8.59. The average molecular weight is 129 g/mol. The third kappa shape index (κ3) is 1.09. The Balaban J connectivity index is 2.77. The van der Waals surface area contributed by atoms with Crippen LogP contribution in [0.2, 0.25) is 0 Å². The van der Waals surface area contributed by atoms with Crippen LogP contribution in [0.3, 0.4) is 0 Å². The van der Waals surface area contributed by atoms with Gasteiger partial charge in [-0.05, 0) is 11.4 Å². The highest BCUT2D eigenvalue weighted by atomic mass is 32.1. The van der Waals surface area contributed by atoms with Crippen molar-refractivity contribution < 1.29 is 10.0 Å². The van der Waals surface area contributed by atoms with Gasteiger partial charge in [-0.3, -0.25) is 0 Å². The fraction of sp³-hybridized carbons (Fsp3) is 0. The quantitative estimate of drug-likeness (QED) is 0.390. The molecule has 0 amide bonds. The fourth-order valence-corrected chi connectivity index (χ4v) is 1.05. The molecule has 4 heteroatoms. The Morgan fingerprint density at radius 3 is 2.75 bits per heavy atom. The molecule has 1 heterocycles. The highest BCUT2D eigenvalue weighted by molar-refractivity contribution is 7.20. The second-order valence-corrected chi connectivity index (χ2v) is 2.40. The second kappa shape index (κ2) is 2.30. The average Bonchev–Trinajstić information content (AvgIpc) is 2.12. The van der Waals surface area contributed by atoms with Crippen molar-refractivity contribution in [3.8, 4) is 0 Å². The molecule has 0 aliphatic rings. The van der Waals surface area contributed by atoms with E-state index in [9.17, 15) is 0 Å². The topological polar surface area (TPSA) is 43.1 Å². The van der Waals surface area contributed by atoms with E-state index in [0.717, 1.165) is 0 Å². The molecule has 1 rings (SSSR count). The van der Waals surface area contributed by atoms with Crippen molar-refractivity contribution in [3.63, 3.8) is 0 Å². The first-order valence-corrected chi connectivity index (χ1v) is 3.11. The Hall–Kier alpha value is -0.315. The lowest BCUT2D eigenvalue weighted by atomic mass is 9.90. The Morgan fingerprint density at radius 1 is 1.75 bits per heavy atom. The summed E-state index contributed by atoms with van der Waals surface area (Å²) in [6.45, 7) is 0.